The molecule has 0 amide bonds. The van der Waals surface area contributed by atoms with Crippen LogP contribution in [0.3, 0.4) is 0 Å². The minimum absolute atomic E-state index is 0.0298. The first-order valence-corrected chi connectivity index (χ1v) is 5.86. The highest BCUT2D eigenvalue weighted by molar-refractivity contribution is 6.28. The van der Waals surface area contributed by atoms with Crippen LogP contribution in [0.15, 0.2) is 30.3 Å². The molecule has 0 saturated carbocycles. The molecule has 0 unspecified atom stereocenters. The Morgan fingerprint density at radius 3 is 2.79 bits per heavy atom. The van der Waals surface area contributed by atoms with Crippen molar-refractivity contribution in [3.05, 3.63) is 58.4 Å². The standard InChI is InChI=1S/C13H10ClFN2O2/c1-8-6-11(17-13(14)16-8)12(18)19-7-9-4-2-3-5-10(9)15/h2-6H,7H2,1H3. The molecule has 2 aromatic rings. The summed E-state index contributed by atoms with van der Waals surface area (Å²) in [5, 5.41) is -0.0298. The first-order valence-electron chi connectivity index (χ1n) is 5.48. The van der Waals surface area contributed by atoms with Crippen LogP contribution in [0.5, 0.6) is 0 Å². The molecule has 19 heavy (non-hydrogen) atoms. The maximum absolute atomic E-state index is 13.3. The Morgan fingerprint density at radius 2 is 2.11 bits per heavy atom. The largest absolute Gasteiger partial charge is 0.456 e. The van der Waals surface area contributed by atoms with Crippen LogP contribution in [0.25, 0.3) is 0 Å². The molecular formula is C13H10ClFN2O2. The number of carbonyl (C=O) groups is 1. The number of ether oxygens (including phenoxy) is 1. The Labute approximate surface area is 114 Å². The van der Waals surface area contributed by atoms with Gasteiger partial charge in [-0.25, -0.2) is 19.2 Å². The summed E-state index contributed by atoms with van der Waals surface area (Å²) in [4.78, 5) is 19.3. The Hall–Kier alpha value is -2.01. The molecule has 1 aromatic carbocycles. The second-order valence-electron chi connectivity index (χ2n) is 3.83. The van der Waals surface area contributed by atoms with Gasteiger partial charge in [-0.15, -0.1) is 0 Å². The van der Waals surface area contributed by atoms with E-state index in [2.05, 4.69) is 9.97 Å². The summed E-state index contributed by atoms with van der Waals surface area (Å²) in [5.74, 6) is -1.09. The van der Waals surface area contributed by atoms with E-state index in [1.54, 1.807) is 25.1 Å². The first-order chi connectivity index (χ1) is 9.06. The number of aromatic nitrogens is 2. The molecule has 2 rings (SSSR count). The van der Waals surface area contributed by atoms with E-state index in [-0.39, 0.29) is 17.6 Å². The highest BCUT2D eigenvalue weighted by Gasteiger charge is 2.12. The van der Waals surface area contributed by atoms with Crippen LogP contribution in [0, 0.1) is 12.7 Å². The lowest BCUT2D eigenvalue weighted by Gasteiger charge is -2.06. The molecule has 0 bridgehead atoms. The Morgan fingerprint density at radius 1 is 1.37 bits per heavy atom. The Kier molecular flexibility index (Phi) is 4.06. The molecular weight excluding hydrogens is 271 g/mol. The van der Waals surface area contributed by atoms with E-state index in [0.29, 0.717) is 11.3 Å². The van der Waals surface area contributed by atoms with E-state index in [1.165, 1.54) is 12.1 Å². The van der Waals surface area contributed by atoms with Crippen LogP contribution in [0.1, 0.15) is 21.7 Å². The van der Waals surface area contributed by atoms with Gasteiger partial charge in [0, 0.05) is 11.3 Å². The SMILES string of the molecule is Cc1cc(C(=O)OCc2ccccc2F)nc(Cl)n1. The van der Waals surface area contributed by atoms with Gasteiger partial charge in [0.1, 0.15) is 12.4 Å². The van der Waals surface area contributed by atoms with Crippen LogP contribution in [-0.4, -0.2) is 15.9 Å². The average Bonchev–Trinajstić information content (AvgIpc) is 2.36. The van der Waals surface area contributed by atoms with Crippen molar-refractivity contribution in [3.63, 3.8) is 0 Å². The number of halogens is 2. The maximum Gasteiger partial charge on any atom is 0.357 e. The van der Waals surface area contributed by atoms with Gasteiger partial charge in [0.05, 0.1) is 0 Å². The molecule has 0 N–H and O–H groups in total. The lowest BCUT2D eigenvalue weighted by molar-refractivity contribution is 0.0461. The summed E-state index contributed by atoms with van der Waals surface area (Å²) < 4.78 is 18.3. The van der Waals surface area contributed by atoms with Crippen LogP contribution in [0.4, 0.5) is 4.39 Å². The van der Waals surface area contributed by atoms with Crippen molar-refractivity contribution in [1.29, 1.82) is 0 Å². The van der Waals surface area contributed by atoms with Crippen molar-refractivity contribution in [2.75, 3.05) is 0 Å². The molecule has 0 aliphatic rings. The van der Waals surface area contributed by atoms with Crippen molar-refractivity contribution in [2.24, 2.45) is 0 Å². The van der Waals surface area contributed by atoms with Gasteiger partial charge in [0.25, 0.3) is 0 Å². The molecule has 1 aromatic heterocycles. The van der Waals surface area contributed by atoms with Gasteiger partial charge < -0.3 is 4.74 Å². The predicted molar refractivity (Wildman–Crippen MR) is 67.3 cm³/mol. The number of carbonyl (C=O) groups excluding carboxylic acids is 1. The number of aryl methyl sites for hydroxylation is 1. The zero-order valence-corrected chi connectivity index (χ0v) is 10.8. The molecule has 0 radical (unpaired) electrons. The van der Waals surface area contributed by atoms with Gasteiger partial charge in [0.2, 0.25) is 5.28 Å². The molecule has 0 saturated heterocycles. The molecule has 98 valence electrons. The summed E-state index contributed by atoms with van der Waals surface area (Å²) in [6.07, 6.45) is 0. The van der Waals surface area contributed by atoms with E-state index in [4.69, 9.17) is 16.3 Å². The molecule has 0 aliphatic heterocycles. The number of nitrogens with zero attached hydrogens (tertiary/aromatic N) is 2. The van der Waals surface area contributed by atoms with Gasteiger partial charge >= 0.3 is 5.97 Å². The van der Waals surface area contributed by atoms with E-state index < -0.39 is 11.8 Å². The van der Waals surface area contributed by atoms with Crippen LogP contribution in [-0.2, 0) is 11.3 Å². The summed E-state index contributed by atoms with van der Waals surface area (Å²) in [6.45, 7) is 1.52. The highest BCUT2D eigenvalue weighted by atomic mass is 35.5. The zero-order valence-electron chi connectivity index (χ0n) is 10.1. The average molecular weight is 281 g/mol. The van der Waals surface area contributed by atoms with Crippen molar-refractivity contribution in [1.82, 2.24) is 9.97 Å². The number of hydrogen-bond acceptors (Lipinski definition) is 4. The van der Waals surface area contributed by atoms with Crippen molar-refractivity contribution < 1.29 is 13.9 Å². The number of hydrogen-bond donors (Lipinski definition) is 0. The fraction of sp³-hybridized carbons (Fsp3) is 0.154. The van der Waals surface area contributed by atoms with Crippen molar-refractivity contribution >= 4 is 17.6 Å². The topological polar surface area (TPSA) is 52.1 Å². The van der Waals surface area contributed by atoms with E-state index >= 15 is 0 Å². The minimum atomic E-state index is -0.671. The third-order valence-electron chi connectivity index (χ3n) is 2.35. The van der Waals surface area contributed by atoms with E-state index in [1.807, 2.05) is 0 Å². The number of rotatable bonds is 3. The lowest BCUT2D eigenvalue weighted by Crippen LogP contribution is -2.09. The molecule has 1 heterocycles. The zero-order chi connectivity index (χ0) is 13.8. The third kappa shape index (κ3) is 3.48. The summed E-state index contributed by atoms with van der Waals surface area (Å²) in [6, 6.07) is 7.53. The van der Waals surface area contributed by atoms with E-state index in [9.17, 15) is 9.18 Å². The fourth-order valence-corrected chi connectivity index (χ4v) is 1.69. The second-order valence-corrected chi connectivity index (χ2v) is 4.17. The Bertz CT molecular complexity index is 599. The quantitative estimate of drug-likeness (QED) is 0.641. The van der Waals surface area contributed by atoms with Crippen LogP contribution < -0.4 is 0 Å². The fourth-order valence-electron chi connectivity index (χ4n) is 1.47. The monoisotopic (exact) mass is 280 g/mol. The molecule has 0 spiro atoms. The second kappa shape index (κ2) is 5.75. The molecule has 0 fully saturated rings. The number of esters is 1. The van der Waals surface area contributed by atoms with Gasteiger partial charge in [0.15, 0.2) is 5.69 Å². The third-order valence-corrected chi connectivity index (χ3v) is 2.52. The normalized spacial score (nSPS) is 10.3. The maximum atomic E-state index is 13.3. The summed E-state index contributed by atoms with van der Waals surface area (Å²) in [7, 11) is 0. The summed E-state index contributed by atoms with van der Waals surface area (Å²) >= 11 is 5.65. The van der Waals surface area contributed by atoms with Crippen LogP contribution in [0.2, 0.25) is 5.28 Å². The highest BCUT2D eigenvalue weighted by Crippen LogP contribution is 2.11. The first kappa shape index (κ1) is 13.4. The lowest BCUT2D eigenvalue weighted by atomic mass is 10.2. The van der Waals surface area contributed by atoms with Crippen molar-refractivity contribution in [2.45, 2.75) is 13.5 Å². The smallest absolute Gasteiger partial charge is 0.357 e. The molecule has 0 atom stereocenters. The Balaban J connectivity index is 2.08. The van der Waals surface area contributed by atoms with Gasteiger partial charge in [-0.05, 0) is 30.7 Å². The number of benzene rings is 1. The predicted octanol–water partition coefficient (Wildman–Crippen LogP) is 2.93. The van der Waals surface area contributed by atoms with Crippen LogP contribution >= 0.6 is 11.6 Å². The molecule has 6 heteroatoms. The molecule has 4 nitrogen and oxygen atoms in total. The van der Waals surface area contributed by atoms with Gasteiger partial charge in [-0.2, -0.15) is 0 Å². The van der Waals surface area contributed by atoms with E-state index in [0.717, 1.165) is 0 Å². The molecule has 0 aliphatic carbocycles. The van der Waals surface area contributed by atoms with Crippen molar-refractivity contribution in [3.8, 4) is 0 Å². The summed E-state index contributed by atoms with van der Waals surface area (Å²) in [5.41, 5.74) is 0.902. The van der Waals surface area contributed by atoms with Gasteiger partial charge in [-0.3, -0.25) is 0 Å². The van der Waals surface area contributed by atoms with Gasteiger partial charge in [-0.1, -0.05) is 18.2 Å². The minimum Gasteiger partial charge on any atom is -0.456 e.